The van der Waals surface area contributed by atoms with Crippen molar-refractivity contribution in [3.8, 4) is 0 Å². The van der Waals surface area contributed by atoms with Crippen LogP contribution in [-0.4, -0.2) is 43.9 Å². The molecule has 0 aliphatic carbocycles. The summed E-state index contributed by atoms with van der Waals surface area (Å²) in [6.45, 7) is 5.46. The van der Waals surface area contributed by atoms with Gasteiger partial charge in [-0.3, -0.25) is 0 Å². The molecule has 1 rings (SSSR count). The Morgan fingerprint density at radius 1 is 0.966 bits per heavy atom. The fraction of sp³-hybridized carbons (Fsp3) is 0.421. The maximum absolute atomic E-state index is 15.9. The highest BCUT2D eigenvalue weighted by atomic mass is 19.4. The van der Waals surface area contributed by atoms with Gasteiger partial charge < -0.3 is 14.2 Å². The van der Waals surface area contributed by atoms with Crippen LogP contribution in [0.2, 0.25) is 0 Å². The minimum absolute atomic E-state index is 0.308. The first kappa shape index (κ1) is 24.1. The van der Waals surface area contributed by atoms with Crippen LogP contribution in [-0.2, 0) is 34.8 Å². The van der Waals surface area contributed by atoms with Crippen LogP contribution in [0.3, 0.4) is 0 Å². The number of methoxy groups -OCH3 is 1. The molecule has 160 valence electrons. The molecule has 29 heavy (non-hydrogen) atoms. The molecule has 0 aromatic heterocycles. The van der Waals surface area contributed by atoms with Crippen LogP contribution in [0.5, 0.6) is 0 Å². The first-order chi connectivity index (χ1) is 13.4. The van der Waals surface area contributed by atoms with Gasteiger partial charge in [0, 0.05) is 5.57 Å². The topological polar surface area (TPSA) is 78.9 Å². The number of halogens is 4. The van der Waals surface area contributed by atoms with Gasteiger partial charge >= 0.3 is 29.8 Å². The van der Waals surface area contributed by atoms with Gasteiger partial charge in [0.15, 0.2) is 0 Å². The summed E-state index contributed by atoms with van der Waals surface area (Å²) in [5.41, 5.74) is -5.63. The summed E-state index contributed by atoms with van der Waals surface area (Å²) in [5, 5.41) is 0. The molecule has 0 radical (unpaired) electrons. The lowest BCUT2D eigenvalue weighted by Crippen LogP contribution is -2.51. The number of ether oxygens (including phenoxy) is 3. The molecule has 0 spiro atoms. The molecule has 0 heterocycles. The van der Waals surface area contributed by atoms with E-state index in [1.54, 1.807) is 0 Å². The van der Waals surface area contributed by atoms with Gasteiger partial charge in [-0.1, -0.05) is 18.7 Å². The van der Waals surface area contributed by atoms with Crippen molar-refractivity contribution in [2.45, 2.75) is 31.6 Å². The number of hydrogen-bond donors (Lipinski definition) is 0. The van der Waals surface area contributed by atoms with E-state index in [2.05, 4.69) is 20.8 Å². The normalized spacial score (nSPS) is 12.7. The minimum atomic E-state index is -4.68. The van der Waals surface area contributed by atoms with Crippen molar-refractivity contribution in [1.29, 1.82) is 0 Å². The Bertz CT molecular complexity index is 752. The van der Waals surface area contributed by atoms with Gasteiger partial charge in [-0.15, -0.1) is 0 Å². The standard InChI is InChI=1S/C19H20F4O6/c1-5-28-16(25)18(20,17(26)29-6-2)14(11(3)15(24)27-4)12-7-9-13(10-8-12)19(21,22)23/h7-10,14H,3,5-6H2,1-2,4H3/t14-/m1/s1. The number of hydrogen-bond acceptors (Lipinski definition) is 6. The maximum atomic E-state index is 15.9. The van der Waals surface area contributed by atoms with Crippen molar-refractivity contribution in [2.75, 3.05) is 20.3 Å². The van der Waals surface area contributed by atoms with E-state index in [-0.39, 0.29) is 18.8 Å². The molecule has 1 aromatic carbocycles. The predicted molar refractivity (Wildman–Crippen MR) is 92.4 cm³/mol. The van der Waals surface area contributed by atoms with Crippen LogP contribution in [0.25, 0.3) is 0 Å². The number of esters is 3. The zero-order chi connectivity index (χ0) is 22.4. The third-order valence-electron chi connectivity index (χ3n) is 3.91. The molecule has 1 atom stereocenters. The van der Waals surface area contributed by atoms with Gasteiger partial charge in [0.1, 0.15) is 0 Å². The van der Waals surface area contributed by atoms with Crippen LogP contribution >= 0.6 is 0 Å². The molecule has 0 aliphatic rings. The molecule has 0 saturated heterocycles. The predicted octanol–water partition coefficient (Wildman–Crippen LogP) is 3.35. The lowest BCUT2D eigenvalue weighted by molar-refractivity contribution is -0.176. The van der Waals surface area contributed by atoms with E-state index in [0.29, 0.717) is 12.1 Å². The van der Waals surface area contributed by atoms with Gasteiger partial charge in [-0.05, 0) is 31.5 Å². The lowest BCUT2D eigenvalue weighted by atomic mass is 9.78. The number of benzene rings is 1. The number of alkyl halides is 4. The Morgan fingerprint density at radius 3 is 1.76 bits per heavy atom. The third kappa shape index (κ3) is 5.12. The molecular weight excluding hydrogens is 400 g/mol. The molecule has 10 heteroatoms. The minimum Gasteiger partial charge on any atom is -0.466 e. The van der Waals surface area contributed by atoms with E-state index in [0.717, 1.165) is 19.2 Å². The second kappa shape index (κ2) is 9.53. The number of carbonyl (C=O) groups excluding carboxylic acids is 3. The second-order valence-electron chi connectivity index (χ2n) is 5.72. The zero-order valence-electron chi connectivity index (χ0n) is 16.0. The van der Waals surface area contributed by atoms with Crippen molar-refractivity contribution in [1.82, 2.24) is 0 Å². The zero-order valence-corrected chi connectivity index (χ0v) is 16.0. The van der Waals surface area contributed by atoms with Gasteiger partial charge in [-0.2, -0.15) is 13.2 Å². The summed E-state index contributed by atoms with van der Waals surface area (Å²) in [6.07, 6.45) is -4.68. The van der Waals surface area contributed by atoms with E-state index >= 15 is 4.39 Å². The number of carbonyl (C=O) groups is 3. The van der Waals surface area contributed by atoms with Crippen LogP contribution in [0.4, 0.5) is 17.6 Å². The van der Waals surface area contributed by atoms with Gasteiger partial charge in [0.05, 0.1) is 31.8 Å². The summed E-state index contributed by atoms with van der Waals surface area (Å²) >= 11 is 0. The van der Waals surface area contributed by atoms with Crippen LogP contribution in [0.1, 0.15) is 30.9 Å². The van der Waals surface area contributed by atoms with Crippen LogP contribution < -0.4 is 0 Å². The van der Waals surface area contributed by atoms with Crippen LogP contribution in [0.15, 0.2) is 36.4 Å². The Morgan fingerprint density at radius 2 is 1.41 bits per heavy atom. The molecule has 0 saturated carbocycles. The smallest absolute Gasteiger partial charge is 0.416 e. The lowest BCUT2D eigenvalue weighted by Gasteiger charge is -2.30. The molecule has 0 amide bonds. The molecule has 1 aromatic rings. The molecule has 0 fully saturated rings. The molecule has 0 bridgehead atoms. The van der Waals surface area contributed by atoms with Crippen molar-refractivity contribution in [3.05, 3.63) is 47.5 Å². The molecule has 0 unspecified atom stereocenters. The Balaban J connectivity index is 3.67. The Labute approximate surface area is 164 Å². The highest BCUT2D eigenvalue weighted by molar-refractivity contribution is 6.07. The van der Waals surface area contributed by atoms with E-state index in [4.69, 9.17) is 0 Å². The summed E-state index contributed by atoms with van der Waals surface area (Å²) in [4.78, 5) is 36.7. The van der Waals surface area contributed by atoms with Gasteiger partial charge in [0.2, 0.25) is 0 Å². The summed E-state index contributed by atoms with van der Waals surface area (Å²) < 4.78 is 68.2. The van der Waals surface area contributed by atoms with Gasteiger partial charge in [-0.25, -0.2) is 18.8 Å². The number of rotatable bonds is 8. The summed E-state index contributed by atoms with van der Waals surface area (Å²) in [7, 11) is 0.950. The molecule has 0 aliphatic heterocycles. The molecule has 6 nitrogen and oxygen atoms in total. The fourth-order valence-corrected chi connectivity index (χ4v) is 2.58. The van der Waals surface area contributed by atoms with Crippen molar-refractivity contribution in [3.63, 3.8) is 0 Å². The van der Waals surface area contributed by atoms with E-state index in [1.165, 1.54) is 13.8 Å². The molecular formula is C19H20F4O6. The maximum Gasteiger partial charge on any atom is 0.416 e. The van der Waals surface area contributed by atoms with E-state index in [1.807, 2.05) is 0 Å². The van der Waals surface area contributed by atoms with Crippen molar-refractivity contribution >= 4 is 17.9 Å². The van der Waals surface area contributed by atoms with Gasteiger partial charge in [0.25, 0.3) is 0 Å². The second-order valence-corrected chi connectivity index (χ2v) is 5.72. The summed E-state index contributed by atoms with van der Waals surface area (Å²) in [5.74, 6) is -6.57. The highest BCUT2D eigenvalue weighted by Crippen LogP contribution is 2.41. The molecule has 0 N–H and O–H groups in total. The highest BCUT2D eigenvalue weighted by Gasteiger charge is 2.59. The average molecular weight is 420 g/mol. The SMILES string of the molecule is C=C(C(=O)OC)[C@H](c1ccc(C(F)(F)F)cc1)C(F)(C(=O)OCC)C(=O)OCC. The quantitative estimate of drug-likeness (QED) is 0.211. The fourth-order valence-electron chi connectivity index (χ4n) is 2.58. The Kier molecular flexibility index (Phi) is 7.93. The van der Waals surface area contributed by atoms with Crippen molar-refractivity contribution < 1.29 is 46.2 Å². The largest absolute Gasteiger partial charge is 0.466 e. The summed E-state index contributed by atoms with van der Waals surface area (Å²) in [6, 6.07) is 2.88. The third-order valence-corrected chi connectivity index (χ3v) is 3.91. The Hall–Kier alpha value is -2.91. The monoisotopic (exact) mass is 420 g/mol. The average Bonchev–Trinajstić information content (AvgIpc) is 2.67. The van der Waals surface area contributed by atoms with Crippen LogP contribution in [0, 0.1) is 0 Å². The van der Waals surface area contributed by atoms with E-state index in [9.17, 15) is 27.6 Å². The first-order valence-electron chi connectivity index (χ1n) is 8.42. The van der Waals surface area contributed by atoms with Crippen molar-refractivity contribution in [2.24, 2.45) is 0 Å². The van der Waals surface area contributed by atoms with E-state index < -0.39 is 46.8 Å². The first-order valence-corrected chi connectivity index (χ1v) is 8.42.